The number of unbranched alkanes of at least 4 members (excludes halogenated alkanes) is 27. The molecule has 5 heteroatoms. The number of hydrogen-bond acceptors (Lipinski definition) is 5. The van der Waals surface area contributed by atoms with Crippen molar-refractivity contribution in [3.05, 3.63) is 109 Å². The summed E-state index contributed by atoms with van der Waals surface area (Å²) in [5.74, 6) is -0.614. The Morgan fingerprint density at radius 1 is 0.329 bits per heavy atom. The van der Waals surface area contributed by atoms with Crippen LogP contribution in [-0.2, 0) is 19.1 Å². The standard InChI is InChI=1S/C65H110O5/c1-3-5-7-9-11-13-15-17-19-21-22-23-24-25-26-27-28-29-30-31-32-33-34-35-36-37-38-39-40-41-42-44-46-48-50-52-54-56-58-60-65(68)70-63(61-66)62-69-64(67)59-57-55-53-51-49-47-45-43-20-18-16-14-12-10-8-6-4-2/h5-8,11-14,17-20,22-23,25-26,45,47,63,66H,3-4,9-10,15-16,21,24,27-44,46,48-62H2,1-2H3/b7-5-,8-6-,13-11-,14-12-,19-17-,20-18-,23-22-,26-25-,47-45-. The van der Waals surface area contributed by atoms with Crippen LogP contribution in [0.3, 0.4) is 0 Å². The molecule has 0 heterocycles. The molecule has 1 N–H and O–H groups in total. The number of allylic oxidation sites excluding steroid dienone is 18. The van der Waals surface area contributed by atoms with Gasteiger partial charge in [0.25, 0.3) is 0 Å². The maximum Gasteiger partial charge on any atom is 0.306 e. The van der Waals surface area contributed by atoms with Gasteiger partial charge in [-0.25, -0.2) is 0 Å². The number of carbonyl (C=O) groups excluding carboxylic acids is 2. The van der Waals surface area contributed by atoms with Crippen LogP contribution in [0.2, 0.25) is 0 Å². The molecule has 1 unspecified atom stereocenters. The molecule has 400 valence electrons. The van der Waals surface area contributed by atoms with Crippen LogP contribution in [0, 0.1) is 0 Å². The first-order chi connectivity index (χ1) is 34.6. The lowest BCUT2D eigenvalue weighted by molar-refractivity contribution is -0.161. The molecule has 0 saturated heterocycles. The summed E-state index contributed by atoms with van der Waals surface area (Å²) in [6, 6.07) is 0. The highest BCUT2D eigenvalue weighted by Gasteiger charge is 2.16. The second-order valence-electron chi connectivity index (χ2n) is 19.3. The number of rotatable bonds is 53. The van der Waals surface area contributed by atoms with Crippen molar-refractivity contribution >= 4 is 11.9 Å². The van der Waals surface area contributed by atoms with Gasteiger partial charge >= 0.3 is 11.9 Å². The first kappa shape index (κ1) is 66.6. The van der Waals surface area contributed by atoms with Crippen LogP contribution in [0.5, 0.6) is 0 Å². The summed E-state index contributed by atoms with van der Waals surface area (Å²) >= 11 is 0. The van der Waals surface area contributed by atoms with Crippen LogP contribution >= 0.6 is 0 Å². The van der Waals surface area contributed by atoms with E-state index in [0.29, 0.717) is 12.8 Å². The lowest BCUT2D eigenvalue weighted by atomic mass is 10.0. The van der Waals surface area contributed by atoms with Gasteiger partial charge in [0.15, 0.2) is 6.10 Å². The summed E-state index contributed by atoms with van der Waals surface area (Å²) in [5.41, 5.74) is 0. The average molecular weight is 972 g/mol. The normalized spacial score (nSPS) is 13.0. The minimum Gasteiger partial charge on any atom is -0.462 e. The third-order valence-corrected chi connectivity index (χ3v) is 12.6. The summed E-state index contributed by atoms with van der Waals surface area (Å²) < 4.78 is 10.7. The van der Waals surface area contributed by atoms with Crippen LogP contribution in [0.15, 0.2) is 109 Å². The first-order valence-corrected chi connectivity index (χ1v) is 29.4. The highest BCUT2D eigenvalue weighted by atomic mass is 16.6. The topological polar surface area (TPSA) is 72.8 Å². The average Bonchev–Trinajstić information content (AvgIpc) is 3.36. The molecule has 0 amide bonds. The number of esters is 2. The fourth-order valence-electron chi connectivity index (χ4n) is 8.22. The van der Waals surface area contributed by atoms with Crippen molar-refractivity contribution < 1.29 is 24.2 Å². The maximum absolute atomic E-state index is 12.3. The molecule has 0 aromatic heterocycles. The van der Waals surface area contributed by atoms with Gasteiger partial charge in [0.2, 0.25) is 0 Å². The van der Waals surface area contributed by atoms with Gasteiger partial charge in [-0.3, -0.25) is 9.59 Å². The Balaban J connectivity index is 3.45. The van der Waals surface area contributed by atoms with E-state index in [1.54, 1.807) is 0 Å². The Hall–Kier alpha value is -3.44. The highest BCUT2D eigenvalue weighted by Crippen LogP contribution is 2.17. The molecule has 0 spiro atoms. The van der Waals surface area contributed by atoms with E-state index >= 15 is 0 Å². The second-order valence-corrected chi connectivity index (χ2v) is 19.3. The number of carbonyl (C=O) groups is 2. The zero-order valence-electron chi connectivity index (χ0n) is 45.7. The Labute approximate surface area is 433 Å². The van der Waals surface area contributed by atoms with Crippen molar-refractivity contribution in [1.29, 1.82) is 0 Å². The molecule has 0 saturated carbocycles. The van der Waals surface area contributed by atoms with Crippen molar-refractivity contribution in [2.45, 2.75) is 277 Å². The van der Waals surface area contributed by atoms with E-state index < -0.39 is 6.10 Å². The largest absolute Gasteiger partial charge is 0.462 e. The molecule has 0 radical (unpaired) electrons. The lowest BCUT2D eigenvalue weighted by Gasteiger charge is -2.15. The molecule has 0 aliphatic rings. The molecule has 0 aliphatic heterocycles. The predicted molar refractivity (Wildman–Crippen MR) is 306 cm³/mol. The molecule has 0 aromatic rings. The summed E-state index contributed by atoms with van der Waals surface area (Å²) in [4.78, 5) is 24.5. The predicted octanol–water partition coefficient (Wildman–Crippen LogP) is 20.1. The molecule has 0 rings (SSSR count). The Morgan fingerprint density at radius 2 is 0.571 bits per heavy atom. The Morgan fingerprint density at radius 3 is 0.857 bits per heavy atom. The molecule has 0 aliphatic carbocycles. The minimum absolute atomic E-state index is 0.0806. The molecule has 5 nitrogen and oxygen atoms in total. The van der Waals surface area contributed by atoms with Crippen LogP contribution in [0.25, 0.3) is 0 Å². The van der Waals surface area contributed by atoms with Crippen LogP contribution in [0.1, 0.15) is 271 Å². The van der Waals surface area contributed by atoms with Gasteiger partial charge in [0.05, 0.1) is 6.61 Å². The van der Waals surface area contributed by atoms with Crippen molar-refractivity contribution in [2.24, 2.45) is 0 Å². The quantitative estimate of drug-likeness (QED) is 0.0373. The molecule has 0 fully saturated rings. The Kier molecular flexibility index (Phi) is 56.9. The van der Waals surface area contributed by atoms with E-state index in [9.17, 15) is 14.7 Å². The van der Waals surface area contributed by atoms with Crippen LogP contribution in [0.4, 0.5) is 0 Å². The van der Waals surface area contributed by atoms with E-state index in [2.05, 4.69) is 123 Å². The fraction of sp³-hybridized carbons (Fsp3) is 0.692. The minimum atomic E-state index is -0.786. The van der Waals surface area contributed by atoms with Gasteiger partial charge in [-0.2, -0.15) is 0 Å². The van der Waals surface area contributed by atoms with Crippen molar-refractivity contribution in [2.75, 3.05) is 13.2 Å². The summed E-state index contributed by atoms with van der Waals surface area (Å²) in [6.45, 7) is 3.90. The Bertz CT molecular complexity index is 1380. The number of aliphatic hydroxyl groups is 1. The van der Waals surface area contributed by atoms with Gasteiger partial charge in [-0.15, -0.1) is 0 Å². The third-order valence-electron chi connectivity index (χ3n) is 12.6. The second kappa shape index (κ2) is 59.9. The zero-order valence-corrected chi connectivity index (χ0v) is 45.7. The van der Waals surface area contributed by atoms with E-state index in [1.165, 1.54) is 135 Å². The van der Waals surface area contributed by atoms with E-state index in [0.717, 1.165) is 109 Å². The van der Waals surface area contributed by atoms with Crippen molar-refractivity contribution in [1.82, 2.24) is 0 Å². The van der Waals surface area contributed by atoms with Crippen molar-refractivity contribution in [3.63, 3.8) is 0 Å². The monoisotopic (exact) mass is 971 g/mol. The molecule has 0 aromatic carbocycles. The van der Waals surface area contributed by atoms with E-state index in [-0.39, 0.29) is 25.2 Å². The zero-order chi connectivity index (χ0) is 50.6. The van der Waals surface area contributed by atoms with Crippen LogP contribution in [-0.4, -0.2) is 36.4 Å². The smallest absolute Gasteiger partial charge is 0.306 e. The summed E-state index contributed by atoms with van der Waals surface area (Å²) in [7, 11) is 0. The molecule has 1 atom stereocenters. The van der Waals surface area contributed by atoms with E-state index in [1.807, 2.05) is 0 Å². The highest BCUT2D eigenvalue weighted by molar-refractivity contribution is 5.70. The first-order valence-electron chi connectivity index (χ1n) is 29.4. The SMILES string of the molecule is CC/C=C\C/C=C\C/C=C\C/C=C\C/C=C\CCCCCCCCCCCCCCCCCCCCCCCCCC(=O)OC(CO)COC(=O)CCCCCC/C=C\C/C=C\C/C=C\C/C=C\CC. The third kappa shape index (κ3) is 57.1. The lowest BCUT2D eigenvalue weighted by Crippen LogP contribution is -2.28. The summed E-state index contributed by atoms with van der Waals surface area (Å²) in [5, 5.41) is 9.64. The fourth-order valence-corrected chi connectivity index (χ4v) is 8.22. The van der Waals surface area contributed by atoms with Gasteiger partial charge in [-0.05, 0) is 96.3 Å². The van der Waals surface area contributed by atoms with E-state index in [4.69, 9.17) is 9.47 Å². The molecular formula is C65H110O5. The van der Waals surface area contributed by atoms with Gasteiger partial charge in [-0.1, -0.05) is 271 Å². The van der Waals surface area contributed by atoms with Crippen molar-refractivity contribution in [3.8, 4) is 0 Å². The number of ether oxygens (including phenoxy) is 2. The number of aliphatic hydroxyl groups excluding tert-OH is 1. The molecular weight excluding hydrogens is 861 g/mol. The summed E-state index contributed by atoms with van der Waals surface area (Å²) in [6.07, 6.45) is 86.6. The van der Waals surface area contributed by atoms with Crippen LogP contribution < -0.4 is 0 Å². The van der Waals surface area contributed by atoms with Gasteiger partial charge < -0.3 is 14.6 Å². The molecule has 0 bridgehead atoms. The van der Waals surface area contributed by atoms with Gasteiger partial charge in [0.1, 0.15) is 6.61 Å². The maximum atomic E-state index is 12.3. The molecule has 70 heavy (non-hydrogen) atoms. The number of hydrogen-bond donors (Lipinski definition) is 1. The van der Waals surface area contributed by atoms with Gasteiger partial charge in [0, 0.05) is 12.8 Å².